The molecule has 0 saturated carbocycles. The summed E-state index contributed by atoms with van der Waals surface area (Å²) in [5.74, 6) is 0. The predicted molar refractivity (Wildman–Crippen MR) is 127 cm³/mol. The van der Waals surface area contributed by atoms with Gasteiger partial charge in [0.05, 0.1) is 5.52 Å². The molecule has 31 heavy (non-hydrogen) atoms. The molecule has 0 spiro atoms. The summed E-state index contributed by atoms with van der Waals surface area (Å²) >= 11 is 0. The van der Waals surface area contributed by atoms with Crippen molar-refractivity contribution in [2.45, 2.75) is 63.8 Å². The van der Waals surface area contributed by atoms with Crippen LogP contribution in [0.5, 0.6) is 0 Å². The van der Waals surface area contributed by atoms with Crippen LogP contribution in [0.15, 0.2) is 41.2 Å². The average Bonchev–Trinajstić information content (AvgIpc) is 2.80. The van der Waals surface area contributed by atoms with Crippen LogP contribution in [0.4, 0.5) is 5.69 Å². The third-order valence-electron chi connectivity index (χ3n) is 6.80. The van der Waals surface area contributed by atoms with Crippen molar-refractivity contribution in [1.29, 1.82) is 0 Å². The number of H-pyrrole nitrogens is 1. The summed E-state index contributed by atoms with van der Waals surface area (Å²) in [5, 5.41) is 8.74. The molecule has 2 heterocycles. The SMILES string of the molecule is O=c1ccc2c([nH]1)CCC[C@H]2NCCCCNc1c2c(nc3ccccc13)CCCC2. The summed E-state index contributed by atoms with van der Waals surface area (Å²) in [6.45, 7) is 1.98. The van der Waals surface area contributed by atoms with Gasteiger partial charge in [-0.3, -0.25) is 9.78 Å². The van der Waals surface area contributed by atoms with E-state index in [-0.39, 0.29) is 5.56 Å². The van der Waals surface area contributed by atoms with E-state index in [9.17, 15) is 4.79 Å². The van der Waals surface area contributed by atoms with E-state index in [1.54, 1.807) is 6.07 Å². The largest absolute Gasteiger partial charge is 0.384 e. The number of aromatic amines is 1. The number of rotatable bonds is 7. The fourth-order valence-corrected chi connectivity index (χ4v) is 5.23. The molecule has 5 rings (SSSR count). The highest BCUT2D eigenvalue weighted by molar-refractivity contribution is 5.93. The van der Waals surface area contributed by atoms with E-state index in [2.05, 4.69) is 39.9 Å². The van der Waals surface area contributed by atoms with Gasteiger partial charge in [-0.05, 0) is 81.5 Å². The standard InChI is InChI=1S/C26H32N4O/c31-25-15-14-18-21(12-7-13-22(18)30-25)27-16-5-6-17-28-26-19-8-1-3-10-23(19)29-24-11-4-2-9-20(24)26/h1,3,8,10,14-15,21,27H,2,4-7,9,11-13,16-17H2,(H,28,29)(H,30,31)/t21-/m1/s1. The molecule has 1 atom stereocenters. The van der Waals surface area contributed by atoms with Gasteiger partial charge in [0.1, 0.15) is 0 Å². The monoisotopic (exact) mass is 416 g/mol. The van der Waals surface area contributed by atoms with Crippen LogP contribution in [-0.4, -0.2) is 23.1 Å². The zero-order chi connectivity index (χ0) is 21.0. The molecule has 0 radical (unpaired) electrons. The number of nitrogens with zero attached hydrogens (tertiary/aromatic N) is 1. The molecule has 0 amide bonds. The lowest BCUT2D eigenvalue weighted by Gasteiger charge is -2.26. The first kappa shape index (κ1) is 20.3. The molecule has 0 aliphatic heterocycles. The molecule has 162 valence electrons. The number of benzene rings is 1. The molecule has 2 aromatic heterocycles. The Morgan fingerprint density at radius 2 is 1.84 bits per heavy atom. The molecular weight excluding hydrogens is 384 g/mol. The minimum atomic E-state index is 0.0105. The van der Waals surface area contributed by atoms with Gasteiger partial charge in [0.25, 0.3) is 0 Å². The van der Waals surface area contributed by atoms with Crippen LogP contribution in [-0.2, 0) is 19.3 Å². The van der Waals surface area contributed by atoms with Crippen molar-refractivity contribution >= 4 is 16.6 Å². The lowest BCUT2D eigenvalue weighted by molar-refractivity contribution is 0.448. The highest BCUT2D eigenvalue weighted by atomic mass is 16.1. The zero-order valence-electron chi connectivity index (χ0n) is 18.2. The summed E-state index contributed by atoms with van der Waals surface area (Å²) in [7, 11) is 0. The third kappa shape index (κ3) is 4.38. The van der Waals surface area contributed by atoms with Crippen LogP contribution >= 0.6 is 0 Å². The molecule has 0 saturated heterocycles. The number of unbranched alkanes of at least 4 members (excludes halogenated alkanes) is 1. The molecule has 2 aliphatic carbocycles. The van der Waals surface area contributed by atoms with E-state index in [1.807, 2.05) is 6.07 Å². The second kappa shape index (κ2) is 9.23. The van der Waals surface area contributed by atoms with Crippen LogP contribution in [0.2, 0.25) is 0 Å². The van der Waals surface area contributed by atoms with Crippen molar-refractivity contribution in [3.63, 3.8) is 0 Å². The number of aromatic nitrogens is 2. The number of nitrogens with one attached hydrogen (secondary N) is 3. The Labute approximate surface area is 183 Å². The van der Waals surface area contributed by atoms with Crippen molar-refractivity contribution in [3.05, 3.63) is 69.3 Å². The summed E-state index contributed by atoms with van der Waals surface area (Å²) in [6, 6.07) is 12.6. The Morgan fingerprint density at radius 3 is 2.81 bits per heavy atom. The topological polar surface area (TPSA) is 69.8 Å². The molecule has 0 bridgehead atoms. The second-order valence-electron chi connectivity index (χ2n) is 8.93. The van der Waals surface area contributed by atoms with E-state index in [4.69, 9.17) is 4.98 Å². The van der Waals surface area contributed by atoms with E-state index in [0.29, 0.717) is 6.04 Å². The Morgan fingerprint density at radius 1 is 0.968 bits per heavy atom. The fraction of sp³-hybridized carbons (Fsp3) is 0.462. The number of hydrogen-bond donors (Lipinski definition) is 3. The zero-order valence-corrected chi connectivity index (χ0v) is 18.2. The quantitative estimate of drug-likeness (QED) is 0.490. The van der Waals surface area contributed by atoms with Gasteiger partial charge in [-0.2, -0.15) is 0 Å². The fourth-order valence-electron chi connectivity index (χ4n) is 5.23. The number of fused-ring (bicyclic) bond motifs is 3. The van der Waals surface area contributed by atoms with Crippen molar-refractivity contribution in [1.82, 2.24) is 15.3 Å². The van der Waals surface area contributed by atoms with Crippen molar-refractivity contribution in [3.8, 4) is 0 Å². The summed E-state index contributed by atoms with van der Waals surface area (Å²) in [6.07, 6.45) is 10.3. The Hall–Kier alpha value is -2.66. The number of aryl methyl sites for hydroxylation is 2. The van der Waals surface area contributed by atoms with E-state index < -0.39 is 0 Å². The van der Waals surface area contributed by atoms with Crippen molar-refractivity contribution in [2.24, 2.45) is 0 Å². The van der Waals surface area contributed by atoms with E-state index in [1.165, 1.54) is 40.7 Å². The van der Waals surface area contributed by atoms with Crippen molar-refractivity contribution in [2.75, 3.05) is 18.4 Å². The van der Waals surface area contributed by atoms with Gasteiger partial charge in [0.15, 0.2) is 0 Å². The lowest BCUT2D eigenvalue weighted by atomic mass is 9.91. The maximum absolute atomic E-state index is 11.6. The van der Waals surface area contributed by atoms with E-state index >= 15 is 0 Å². The Bertz CT molecular complexity index is 1120. The molecule has 1 aromatic carbocycles. The molecule has 2 aliphatic rings. The van der Waals surface area contributed by atoms with E-state index in [0.717, 1.165) is 69.2 Å². The molecular formula is C26H32N4O. The van der Waals surface area contributed by atoms with Gasteiger partial charge in [0, 0.05) is 41.1 Å². The minimum Gasteiger partial charge on any atom is -0.384 e. The molecule has 5 heteroatoms. The average molecular weight is 417 g/mol. The maximum Gasteiger partial charge on any atom is 0.248 e. The van der Waals surface area contributed by atoms with Gasteiger partial charge < -0.3 is 15.6 Å². The number of anilines is 1. The molecule has 0 fully saturated rings. The summed E-state index contributed by atoms with van der Waals surface area (Å²) in [5.41, 5.74) is 7.57. The van der Waals surface area contributed by atoms with Crippen LogP contribution in [0.1, 0.15) is 67.1 Å². The Kier molecular flexibility index (Phi) is 6.03. The van der Waals surface area contributed by atoms with Crippen LogP contribution in [0, 0.1) is 0 Å². The van der Waals surface area contributed by atoms with Crippen LogP contribution in [0.3, 0.4) is 0 Å². The van der Waals surface area contributed by atoms with Gasteiger partial charge in [0.2, 0.25) is 5.56 Å². The van der Waals surface area contributed by atoms with Crippen LogP contribution in [0.25, 0.3) is 10.9 Å². The third-order valence-corrected chi connectivity index (χ3v) is 6.80. The first-order valence-electron chi connectivity index (χ1n) is 11.9. The number of para-hydroxylation sites is 1. The number of pyridine rings is 2. The first-order valence-corrected chi connectivity index (χ1v) is 11.9. The molecule has 3 aromatic rings. The summed E-state index contributed by atoms with van der Waals surface area (Å²) < 4.78 is 0. The normalized spacial score (nSPS) is 17.9. The van der Waals surface area contributed by atoms with Gasteiger partial charge >= 0.3 is 0 Å². The minimum absolute atomic E-state index is 0.0105. The van der Waals surface area contributed by atoms with Gasteiger partial charge in [-0.1, -0.05) is 24.3 Å². The molecule has 5 nitrogen and oxygen atoms in total. The Balaban J connectivity index is 1.17. The van der Waals surface area contributed by atoms with Crippen molar-refractivity contribution < 1.29 is 0 Å². The highest BCUT2D eigenvalue weighted by Gasteiger charge is 2.20. The van der Waals surface area contributed by atoms with Gasteiger partial charge in [-0.15, -0.1) is 0 Å². The first-order chi connectivity index (χ1) is 15.3. The number of hydrogen-bond acceptors (Lipinski definition) is 4. The van der Waals surface area contributed by atoms with Crippen LogP contribution < -0.4 is 16.2 Å². The molecule has 0 unspecified atom stereocenters. The predicted octanol–water partition coefficient (Wildman–Crippen LogP) is 4.66. The lowest BCUT2D eigenvalue weighted by Crippen LogP contribution is -2.28. The maximum atomic E-state index is 11.6. The second-order valence-corrected chi connectivity index (χ2v) is 8.93. The highest BCUT2D eigenvalue weighted by Crippen LogP contribution is 2.33. The summed E-state index contributed by atoms with van der Waals surface area (Å²) in [4.78, 5) is 19.5. The van der Waals surface area contributed by atoms with Gasteiger partial charge in [-0.25, -0.2) is 0 Å². The smallest absolute Gasteiger partial charge is 0.248 e. The molecule has 3 N–H and O–H groups in total.